The van der Waals surface area contributed by atoms with E-state index in [1.807, 2.05) is 21.0 Å². The summed E-state index contributed by atoms with van der Waals surface area (Å²) in [5.74, 6) is 0.397. The van der Waals surface area contributed by atoms with Gasteiger partial charge in [-0.2, -0.15) is 0 Å². The number of hydrogen-bond acceptors (Lipinski definition) is 4. The number of hydrogen-bond donors (Lipinski definition) is 0. The molecule has 0 aromatic carbocycles. The van der Waals surface area contributed by atoms with Crippen LogP contribution in [-0.4, -0.2) is 62.7 Å². The van der Waals surface area contributed by atoms with Crippen LogP contribution < -0.4 is 0 Å². The van der Waals surface area contributed by atoms with E-state index < -0.39 is 0 Å². The van der Waals surface area contributed by atoms with Gasteiger partial charge in [-0.3, -0.25) is 9.69 Å². The van der Waals surface area contributed by atoms with Crippen LogP contribution in [0, 0.1) is 5.92 Å². The molecule has 0 aromatic rings. The lowest BCUT2D eigenvalue weighted by molar-refractivity contribution is -0.146. The molecule has 0 aliphatic heterocycles. The van der Waals surface area contributed by atoms with E-state index in [4.69, 9.17) is 4.74 Å². The summed E-state index contributed by atoms with van der Waals surface area (Å²) in [6, 6.07) is -0.160. The predicted octanol–water partition coefficient (Wildman–Crippen LogP) is 1.07. The van der Waals surface area contributed by atoms with Crippen LogP contribution in [-0.2, 0) is 9.53 Å². The molecule has 0 radical (unpaired) electrons. The SMILES string of the molecule is COC(=O)C(C)N(CCN(C)C)CC(C)C. The van der Waals surface area contributed by atoms with E-state index in [-0.39, 0.29) is 12.0 Å². The lowest BCUT2D eigenvalue weighted by atomic mass is 10.1. The Kier molecular flexibility index (Phi) is 7.34. The van der Waals surface area contributed by atoms with Gasteiger partial charge in [-0.1, -0.05) is 13.8 Å². The molecule has 0 bridgehead atoms. The van der Waals surface area contributed by atoms with E-state index in [2.05, 4.69) is 23.6 Å². The maximum Gasteiger partial charge on any atom is 0.322 e. The zero-order chi connectivity index (χ0) is 12.7. The number of ether oxygens (including phenoxy) is 1. The van der Waals surface area contributed by atoms with Crippen molar-refractivity contribution in [2.24, 2.45) is 5.92 Å². The van der Waals surface area contributed by atoms with Crippen LogP contribution in [0.5, 0.6) is 0 Å². The van der Waals surface area contributed by atoms with Crippen molar-refractivity contribution in [3.63, 3.8) is 0 Å². The summed E-state index contributed by atoms with van der Waals surface area (Å²) < 4.78 is 4.79. The van der Waals surface area contributed by atoms with Gasteiger partial charge < -0.3 is 9.64 Å². The average Bonchev–Trinajstić information content (AvgIpc) is 2.21. The Balaban J connectivity index is 4.34. The molecule has 0 spiro atoms. The molecule has 0 fully saturated rings. The minimum atomic E-state index is -0.160. The normalized spacial score (nSPS) is 13.6. The lowest BCUT2D eigenvalue weighted by Crippen LogP contribution is -2.44. The topological polar surface area (TPSA) is 32.8 Å². The molecule has 0 aromatic heterocycles. The fraction of sp³-hybridized carbons (Fsp3) is 0.917. The van der Waals surface area contributed by atoms with Crippen LogP contribution in [0.4, 0.5) is 0 Å². The van der Waals surface area contributed by atoms with Crippen LogP contribution in [0.1, 0.15) is 20.8 Å². The standard InChI is InChI=1S/C12H26N2O2/c1-10(2)9-14(8-7-13(4)5)11(3)12(15)16-6/h10-11H,7-9H2,1-6H3. The number of carbonyl (C=O) groups is 1. The van der Waals surface area contributed by atoms with Crippen molar-refractivity contribution in [1.82, 2.24) is 9.80 Å². The monoisotopic (exact) mass is 230 g/mol. The Labute approximate surface area is 99.5 Å². The van der Waals surface area contributed by atoms with Crippen LogP contribution >= 0.6 is 0 Å². The predicted molar refractivity (Wildman–Crippen MR) is 66.4 cm³/mol. The number of methoxy groups -OCH3 is 1. The molecule has 16 heavy (non-hydrogen) atoms. The zero-order valence-electron chi connectivity index (χ0n) is 11.5. The van der Waals surface area contributed by atoms with Gasteiger partial charge in [0, 0.05) is 19.6 Å². The smallest absolute Gasteiger partial charge is 0.322 e. The molecule has 0 rings (SSSR count). The number of carbonyl (C=O) groups excluding carboxylic acids is 1. The highest BCUT2D eigenvalue weighted by molar-refractivity contribution is 5.75. The number of likely N-dealkylation sites (N-methyl/N-ethyl adjacent to an activating group) is 1. The van der Waals surface area contributed by atoms with Gasteiger partial charge in [0.2, 0.25) is 0 Å². The van der Waals surface area contributed by atoms with Gasteiger partial charge in [0.15, 0.2) is 0 Å². The number of rotatable bonds is 7. The molecule has 0 aliphatic rings. The van der Waals surface area contributed by atoms with Crippen molar-refractivity contribution in [2.75, 3.05) is 40.8 Å². The summed E-state index contributed by atoms with van der Waals surface area (Å²) in [7, 11) is 5.52. The van der Waals surface area contributed by atoms with Crippen molar-refractivity contribution >= 4 is 5.97 Å². The van der Waals surface area contributed by atoms with E-state index in [0.717, 1.165) is 19.6 Å². The third kappa shape index (κ3) is 6.08. The second-order valence-electron chi connectivity index (χ2n) is 4.89. The third-order valence-corrected chi connectivity index (χ3v) is 2.52. The quantitative estimate of drug-likeness (QED) is 0.612. The molecule has 0 amide bonds. The van der Waals surface area contributed by atoms with Gasteiger partial charge in [0.25, 0.3) is 0 Å². The Bertz CT molecular complexity index is 205. The van der Waals surface area contributed by atoms with Gasteiger partial charge in [-0.15, -0.1) is 0 Å². The van der Waals surface area contributed by atoms with E-state index >= 15 is 0 Å². The lowest BCUT2D eigenvalue weighted by Gasteiger charge is -2.29. The molecule has 0 heterocycles. The van der Waals surface area contributed by atoms with Crippen molar-refractivity contribution in [3.8, 4) is 0 Å². The summed E-state index contributed by atoms with van der Waals surface area (Å²) in [6.45, 7) is 8.99. The summed E-state index contributed by atoms with van der Waals surface area (Å²) in [6.07, 6.45) is 0. The summed E-state index contributed by atoms with van der Waals surface area (Å²) >= 11 is 0. The van der Waals surface area contributed by atoms with Crippen molar-refractivity contribution in [2.45, 2.75) is 26.8 Å². The fourth-order valence-electron chi connectivity index (χ4n) is 1.56. The summed E-state index contributed by atoms with van der Waals surface area (Å²) in [5.41, 5.74) is 0. The van der Waals surface area contributed by atoms with Gasteiger partial charge in [0.1, 0.15) is 6.04 Å². The molecular formula is C12H26N2O2. The van der Waals surface area contributed by atoms with Gasteiger partial charge in [-0.25, -0.2) is 0 Å². The van der Waals surface area contributed by atoms with E-state index in [0.29, 0.717) is 5.92 Å². The van der Waals surface area contributed by atoms with Gasteiger partial charge in [0.05, 0.1) is 7.11 Å². The van der Waals surface area contributed by atoms with Crippen molar-refractivity contribution in [1.29, 1.82) is 0 Å². The molecular weight excluding hydrogens is 204 g/mol. The van der Waals surface area contributed by atoms with Crippen LogP contribution in [0.2, 0.25) is 0 Å². The number of esters is 1. The molecule has 0 N–H and O–H groups in total. The molecule has 1 atom stereocenters. The van der Waals surface area contributed by atoms with Gasteiger partial charge in [-0.05, 0) is 26.9 Å². The Hall–Kier alpha value is -0.610. The van der Waals surface area contributed by atoms with E-state index in [9.17, 15) is 4.79 Å². The Morgan fingerprint density at radius 1 is 1.19 bits per heavy atom. The first-order valence-electron chi connectivity index (χ1n) is 5.85. The molecule has 1 unspecified atom stereocenters. The highest BCUT2D eigenvalue weighted by Gasteiger charge is 2.22. The average molecular weight is 230 g/mol. The Morgan fingerprint density at radius 2 is 1.75 bits per heavy atom. The first kappa shape index (κ1) is 15.4. The fourth-order valence-corrected chi connectivity index (χ4v) is 1.56. The number of nitrogens with zero attached hydrogens (tertiary/aromatic N) is 2. The van der Waals surface area contributed by atoms with E-state index in [1.165, 1.54) is 7.11 Å². The minimum Gasteiger partial charge on any atom is -0.468 e. The molecule has 0 saturated carbocycles. The molecule has 96 valence electrons. The Morgan fingerprint density at radius 3 is 2.12 bits per heavy atom. The molecule has 0 saturated heterocycles. The van der Waals surface area contributed by atoms with Crippen LogP contribution in [0.15, 0.2) is 0 Å². The van der Waals surface area contributed by atoms with Gasteiger partial charge >= 0.3 is 5.97 Å². The second-order valence-corrected chi connectivity index (χ2v) is 4.89. The molecule has 0 aliphatic carbocycles. The maximum atomic E-state index is 11.5. The largest absolute Gasteiger partial charge is 0.468 e. The minimum absolute atomic E-state index is 0.153. The summed E-state index contributed by atoms with van der Waals surface area (Å²) in [5, 5.41) is 0. The maximum absolute atomic E-state index is 11.5. The van der Waals surface area contributed by atoms with Crippen LogP contribution in [0.3, 0.4) is 0 Å². The molecule has 4 heteroatoms. The second kappa shape index (κ2) is 7.63. The highest BCUT2D eigenvalue weighted by Crippen LogP contribution is 2.06. The summed E-state index contributed by atoms with van der Waals surface area (Å²) in [4.78, 5) is 15.8. The van der Waals surface area contributed by atoms with Crippen LogP contribution in [0.25, 0.3) is 0 Å². The van der Waals surface area contributed by atoms with E-state index in [1.54, 1.807) is 0 Å². The van der Waals surface area contributed by atoms with Crippen molar-refractivity contribution < 1.29 is 9.53 Å². The zero-order valence-corrected chi connectivity index (χ0v) is 11.5. The first-order valence-corrected chi connectivity index (χ1v) is 5.85. The van der Waals surface area contributed by atoms with Crippen molar-refractivity contribution in [3.05, 3.63) is 0 Å². The third-order valence-electron chi connectivity index (χ3n) is 2.52. The highest BCUT2D eigenvalue weighted by atomic mass is 16.5. The first-order chi connectivity index (χ1) is 7.38. The molecule has 4 nitrogen and oxygen atoms in total.